The first-order chi connectivity index (χ1) is 16.7. The zero-order valence-electron chi connectivity index (χ0n) is 19.6. The Balaban J connectivity index is 1.54. The summed E-state index contributed by atoms with van der Waals surface area (Å²) in [5.41, 5.74) is 3.82. The third-order valence-electron chi connectivity index (χ3n) is 5.87. The molecule has 4 rings (SSSR count). The molecule has 0 aromatic heterocycles. The van der Waals surface area contributed by atoms with E-state index in [0.29, 0.717) is 24.1 Å². The maximum atomic E-state index is 13.3. The molecule has 2 amide bonds. The van der Waals surface area contributed by atoms with E-state index in [0.717, 1.165) is 16.8 Å². The summed E-state index contributed by atoms with van der Waals surface area (Å²) < 4.78 is 29.1. The van der Waals surface area contributed by atoms with Crippen molar-refractivity contribution in [3.63, 3.8) is 0 Å². The number of amides is 2. The van der Waals surface area contributed by atoms with Gasteiger partial charge in [0.05, 0.1) is 4.90 Å². The summed E-state index contributed by atoms with van der Waals surface area (Å²) >= 11 is 0. The van der Waals surface area contributed by atoms with Gasteiger partial charge in [-0.2, -0.15) is 4.72 Å². The molecule has 0 saturated carbocycles. The van der Waals surface area contributed by atoms with Gasteiger partial charge < -0.3 is 15.5 Å². The Bertz CT molecular complexity index is 1320. The van der Waals surface area contributed by atoms with E-state index >= 15 is 0 Å². The van der Waals surface area contributed by atoms with Crippen LogP contribution in [0.15, 0.2) is 77.7 Å². The highest BCUT2D eigenvalue weighted by Crippen LogP contribution is 2.26. The molecule has 3 aromatic rings. The topological polar surface area (TPSA) is 108 Å². The second kappa shape index (κ2) is 10.3. The summed E-state index contributed by atoms with van der Waals surface area (Å²) in [7, 11) is -0.126. The van der Waals surface area contributed by atoms with Gasteiger partial charge >= 0.3 is 0 Å². The van der Waals surface area contributed by atoms with Crippen LogP contribution in [0.1, 0.15) is 29.2 Å². The van der Waals surface area contributed by atoms with Gasteiger partial charge in [-0.05, 0) is 53.4 Å². The van der Waals surface area contributed by atoms with Gasteiger partial charge in [0, 0.05) is 38.4 Å². The lowest BCUT2D eigenvalue weighted by molar-refractivity contribution is -0.123. The van der Waals surface area contributed by atoms with Gasteiger partial charge in [0.2, 0.25) is 21.8 Å². The molecule has 1 atom stereocenters. The maximum Gasteiger partial charge on any atom is 0.243 e. The van der Waals surface area contributed by atoms with Crippen molar-refractivity contribution in [2.45, 2.75) is 30.3 Å². The highest BCUT2D eigenvalue weighted by atomic mass is 32.2. The predicted octanol–water partition coefficient (Wildman–Crippen LogP) is 2.97. The van der Waals surface area contributed by atoms with Crippen molar-refractivity contribution < 1.29 is 18.0 Å². The molecule has 182 valence electrons. The lowest BCUT2D eigenvalue weighted by Crippen LogP contribution is -2.40. The van der Waals surface area contributed by atoms with E-state index < -0.39 is 22.0 Å². The van der Waals surface area contributed by atoms with Gasteiger partial charge in [-0.25, -0.2) is 8.42 Å². The molecule has 0 bridgehead atoms. The average molecular weight is 493 g/mol. The molecule has 1 unspecified atom stereocenters. The van der Waals surface area contributed by atoms with Crippen molar-refractivity contribution in [3.05, 3.63) is 89.5 Å². The molecule has 0 radical (unpaired) electrons. The lowest BCUT2D eigenvalue weighted by atomic mass is 10.0. The fourth-order valence-corrected chi connectivity index (χ4v) is 5.11. The first-order valence-corrected chi connectivity index (χ1v) is 12.8. The molecule has 3 N–H and O–H groups in total. The number of nitrogens with one attached hydrogen (secondary N) is 3. The molecule has 1 aliphatic heterocycles. The van der Waals surface area contributed by atoms with Crippen molar-refractivity contribution in [2.75, 3.05) is 24.3 Å². The Morgan fingerprint density at radius 2 is 1.71 bits per heavy atom. The first kappa shape index (κ1) is 24.4. The number of hydrogen-bond donors (Lipinski definition) is 3. The zero-order valence-corrected chi connectivity index (χ0v) is 20.4. The molecule has 9 heteroatoms. The smallest absolute Gasteiger partial charge is 0.243 e. The van der Waals surface area contributed by atoms with Gasteiger partial charge in [0.25, 0.3) is 0 Å². The van der Waals surface area contributed by atoms with Crippen LogP contribution in [-0.4, -0.2) is 34.3 Å². The van der Waals surface area contributed by atoms with Gasteiger partial charge in [0.1, 0.15) is 6.04 Å². The Labute approximate surface area is 205 Å². The van der Waals surface area contributed by atoms with Crippen LogP contribution in [0, 0.1) is 0 Å². The van der Waals surface area contributed by atoms with E-state index in [4.69, 9.17) is 0 Å². The summed E-state index contributed by atoms with van der Waals surface area (Å²) in [6.07, 6.45) is 0.758. The molecule has 0 aliphatic carbocycles. The van der Waals surface area contributed by atoms with E-state index in [9.17, 15) is 18.0 Å². The number of benzene rings is 3. The predicted molar refractivity (Wildman–Crippen MR) is 136 cm³/mol. The number of carbonyl (C=O) groups is 2. The Morgan fingerprint density at radius 3 is 2.40 bits per heavy atom. The summed E-state index contributed by atoms with van der Waals surface area (Å²) in [5.74, 6) is -0.551. The molecule has 1 heterocycles. The molecule has 3 aromatic carbocycles. The summed E-state index contributed by atoms with van der Waals surface area (Å²) in [5, 5.41) is 5.59. The SMILES string of the molecule is CN(C)c1ccc(CNC(=O)C(NS(=O)(=O)c2ccc3c(c2)CCC(=O)N3)c2ccccc2)cc1. The van der Waals surface area contributed by atoms with E-state index in [1.807, 2.05) is 43.3 Å². The summed E-state index contributed by atoms with van der Waals surface area (Å²) in [6, 6.07) is 19.9. The quantitative estimate of drug-likeness (QED) is 0.448. The third-order valence-corrected chi connectivity index (χ3v) is 7.29. The third kappa shape index (κ3) is 5.87. The monoisotopic (exact) mass is 492 g/mol. The van der Waals surface area contributed by atoms with Gasteiger partial charge in [-0.3, -0.25) is 9.59 Å². The van der Waals surface area contributed by atoms with Crippen molar-refractivity contribution in [3.8, 4) is 0 Å². The van der Waals surface area contributed by atoms with Crippen LogP contribution in [0.5, 0.6) is 0 Å². The van der Waals surface area contributed by atoms with Gasteiger partial charge in [-0.1, -0.05) is 42.5 Å². The number of carbonyl (C=O) groups excluding carboxylic acids is 2. The van der Waals surface area contributed by atoms with Crippen molar-refractivity contribution in [1.29, 1.82) is 0 Å². The summed E-state index contributed by atoms with van der Waals surface area (Å²) in [4.78, 5) is 26.8. The van der Waals surface area contributed by atoms with Gasteiger partial charge in [-0.15, -0.1) is 0 Å². The van der Waals surface area contributed by atoms with Crippen LogP contribution in [-0.2, 0) is 32.6 Å². The van der Waals surface area contributed by atoms with E-state index in [1.54, 1.807) is 42.5 Å². The number of hydrogen-bond acceptors (Lipinski definition) is 5. The number of aryl methyl sites for hydroxylation is 1. The van der Waals surface area contributed by atoms with Crippen LogP contribution >= 0.6 is 0 Å². The van der Waals surface area contributed by atoms with Gasteiger partial charge in [0.15, 0.2) is 0 Å². The molecule has 0 fully saturated rings. The molecule has 0 spiro atoms. The van der Waals surface area contributed by atoms with E-state index in [2.05, 4.69) is 15.4 Å². The minimum atomic E-state index is -4.03. The minimum Gasteiger partial charge on any atom is -0.378 e. The van der Waals surface area contributed by atoms with Crippen LogP contribution in [0.25, 0.3) is 0 Å². The van der Waals surface area contributed by atoms with E-state index in [1.165, 1.54) is 6.07 Å². The lowest BCUT2D eigenvalue weighted by Gasteiger charge is -2.21. The second-order valence-electron chi connectivity index (χ2n) is 8.61. The fraction of sp³-hybridized carbons (Fsp3) is 0.231. The van der Waals surface area contributed by atoms with Crippen LogP contribution in [0.4, 0.5) is 11.4 Å². The average Bonchev–Trinajstić information content (AvgIpc) is 2.86. The number of sulfonamides is 1. The number of rotatable bonds is 8. The second-order valence-corrected chi connectivity index (χ2v) is 10.3. The van der Waals surface area contributed by atoms with Crippen LogP contribution in [0.2, 0.25) is 0 Å². The molecule has 1 aliphatic rings. The Morgan fingerprint density at radius 1 is 1.00 bits per heavy atom. The normalized spacial score (nSPS) is 13.9. The van der Waals surface area contributed by atoms with Crippen LogP contribution in [0.3, 0.4) is 0 Å². The van der Waals surface area contributed by atoms with Crippen LogP contribution < -0.4 is 20.3 Å². The Kier molecular flexibility index (Phi) is 7.18. The molecule has 0 saturated heterocycles. The number of nitrogens with zero attached hydrogens (tertiary/aromatic N) is 1. The molecular weight excluding hydrogens is 464 g/mol. The Hall–Kier alpha value is -3.69. The van der Waals surface area contributed by atoms with Crippen molar-refractivity contribution in [1.82, 2.24) is 10.0 Å². The van der Waals surface area contributed by atoms with Crippen molar-refractivity contribution in [2.24, 2.45) is 0 Å². The minimum absolute atomic E-state index is 0.0420. The molecule has 8 nitrogen and oxygen atoms in total. The summed E-state index contributed by atoms with van der Waals surface area (Å²) in [6.45, 7) is 0.260. The van der Waals surface area contributed by atoms with E-state index in [-0.39, 0.29) is 17.3 Å². The standard InChI is InChI=1S/C26H28N4O4S/c1-30(2)21-11-8-18(9-12-21)17-27-26(32)25(19-6-4-3-5-7-19)29-35(33,34)22-13-14-23-20(16-22)10-15-24(31)28-23/h3-9,11-14,16,25,29H,10,15,17H2,1-2H3,(H,27,32)(H,28,31). The number of anilines is 2. The molecular formula is C26H28N4O4S. The highest BCUT2D eigenvalue weighted by Gasteiger charge is 2.28. The zero-order chi connectivity index (χ0) is 25.0. The number of fused-ring (bicyclic) bond motifs is 1. The maximum absolute atomic E-state index is 13.3. The first-order valence-electron chi connectivity index (χ1n) is 11.3. The largest absolute Gasteiger partial charge is 0.378 e. The van der Waals surface area contributed by atoms with Crippen molar-refractivity contribution >= 4 is 33.2 Å². The fourth-order valence-electron chi connectivity index (χ4n) is 3.87. The molecule has 35 heavy (non-hydrogen) atoms. The highest BCUT2D eigenvalue weighted by molar-refractivity contribution is 7.89.